The van der Waals surface area contributed by atoms with Crippen LogP contribution in [0.15, 0.2) is 40.2 Å². The Labute approximate surface area is 162 Å². The number of carbonyl (C=O) groups is 3. The number of anilines is 1. The minimum Gasteiger partial charge on any atom is -0.465 e. The molecule has 0 aliphatic carbocycles. The third kappa shape index (κ3) is 3.32. The van der Waals surface area contributed by atoms with E-state index in [0.29, 0.717) is 16.1 Å². The molecule has 8 heteroatoms. The number of benzene rings is 1. The van der Waals surface area contributed by atoms with Crippen molar-refractivity contribution in [3.05, 3.63) is 50.6 Å². The van der Waals surface area contributed by atoms with Gasteiger partial charge in [0, 0.05) is 5.56 Å². The van der Waals surface area contributed by atoms with Gasteiger partial charge in [-0.15, -0.1) is 11.3 Å². The number of thiophene rings is 1. The van der Waals surface area contributed by atoms with Crippen LogP contribution in [0, 0.1) is 0 Å². The molecule has 2 heterocycles. The van der Waals surface area contributed by atoms with Crippen LogP contribution in [0.3, 0.4) is 0 Å². The average Bonchev–Trinajstić information content (AvgIpc) is 3.12. The molecule has 26 heavy (non-hydrogen) atoms. The largest absolute Gasteiger partial charge is 0.465 e. The number of esters is 1. The summed E-state index contributed by atoms with van der Waals surface area (Å²) < 4.78 is 5.69. The highest BCUT2D eigenvalue weighted by molar-refractivity contribution is 9.11. The first-order chi connectivity index (χ1) is 12.4. The predicted molar refractivity (Wildman–Crippen MR) is 100 cm³/mol. The fourth-order valence-electron chi connectivity index (χ4n) is 2.95. The third-order valence-corrected chi connectivity index (χ3v) is 5.76. The summed E-state index contributed by atoms with van der Waals surface area (Å²) in [6.45, 7) is 1.55. The van der Waals surface area contributed by atoms with Crippen LogP contribution in [-0.4, -0.2) is 35.9 Å². The molecule has 0 bridgehead atoms. The summed E-state index contributed by atoms with van der Waals surface area (Å²) in [5.41, 5.74) is -1.28. The van der Waals surface area contributed by atoms with Crippen LogP contribution < -0.4 is 4.90 Å². The van der Waals surface area contributed by atoms with E-state index in [4.69, 9.17) is 4.74 Å². The number of hydrogen-bond donors (Lipinski definition) is 1. The molecule has 1 amide bonds. The maximum atomic E-state index is 12.9. The van der Waals surface area contributed by atoms with E-state index < -0.39 is 23.9 Å². The smallest absolute Gasteiger partial charge is 0.326 e. The fourth-order valence-corrected chi connectivity index (χ4v) is 4.28. The summed E-state index contributed by atoms with van der Waals surface area (Å²) in [6.07, 6.45) is -0.394. The first-order valence-corrected chi connectivity index (χ1v) is 9.55. The second-order valence-corrected chi connectivity index (χ2v) is 8.24. The number of halogens is 1. The average molecular weight is 438 g/mol. The van der Waals surface area contributed by atoms with Crippen molar-refractivity contribution in [2.75, 3.05) is 18.1 Å². The SMILES string of the molecule is CCOC(=O)CN1C(=O)[C@](O)(CC(=O)c2ccc(Br)s2)c2ccccc21. The van der Waals surface area contributed by atoms with Gasteiger partial charge in [-0.05, 0) is 41.1 Å². The zero-order valence-corrected chi connectivity index (χ0v) is 16.3. The van der Waals surface area contributed by atoms with Gasteiger partial charge in [-0.25, -0.2) is 0 Å². The summed E-state index contributed by atoms with van der Waals surface area (Å²) in [5.74, 6) is -1.62. The molecule has 0 fully saturated rings. The number of para-hydroxylation sites is 1. The fraction of sp³-hybridized carbons (Fsp3) is 0.278. The van der Waals surface area contributed by atoms with Crippen molar-refractivity contribution in [2.24, 2.45) is 0 Å². The molecule has 0 radical (unpaired) electrons. The van der Waals surface area contributed by atoms with E-state index in [0.717, 1.165) is 3.79 Å². The molecule has 136 valence electrons. The molecule has 1 aliphatic heterocycles. The van der Waals surface area contributed by atoms with Crippen LogP contribution in [0.1, 0.15) is 28.6 Å². The van der Waals surface area contributed by atoms with E-state index in [-0.39, 0.29) is 18.9 Å². The van der Waals surface area contributed by atoms with Gasteiger partial charge in [-0.2, -0.15) is 0 Å². The Bertz CT molecular complexity index is 880. The monoisotopic (exact) mass is 437 g/mol. The number of aliphatic hydroxyl groups is 1. The summed E-state index contributed by atoms with van der Waals surface area (Å²) in [4.78, 5) is 38.9. The third-order valence-electron chi connectivity index (χ3n) is 4.10. The van der Waals surface area contributed by atoms with E-state index >= 15 is 0 Å². The summed E-state index contributed by atoms with van der Waals surface area (Å²) in [6, 6.07) is 9.99. The Kier molecular flexibility index (Phi) is 5.27. The van der Waals surface area contributed by atoms with Gasteiger partial charge >= 0.3 is 5.97 Å². The highest BCUT2D eigenvalue weighted by atomic mass is 79.9. The van der Waals surface area contributed by atoms with Crippen molar-refractivity contribution in [1.29, 1.82) is 0 Å². The zero-order valence-electron chi connectivity index (χ0n) is 13.9. The molecule has 1 aliphatic rings. The number of ketones is 1. The Balaban J connectivity index is 1.92. The van der Waals surface area contributed by atoms with Gasteiger partial charge in [0.15, 0.2) is 11.4 Å². The number of fused-ring (bicyclic) bond motifs is 1. The minimum absolute atomic E-state index is 0.193. The van der Waals surface area contributed by atoms with Gasteiger partial charge < -0.3 is 9.84 Å². The van der Waals surface area contributed by atoms with Crippen molar-refractivity contribution < 1.29 is 24.2 Å². The molecule has 2 aromatic rings. The van der Waals surface area contributed by atoms with Gasteiger partial charge in [0.1, 0.15) is 6.54 Å². The lowest BCUT2D eigenvalue weighted by atomic mass is 9.89. The number of nitrogens with zero attached hydrogens (tertiary/aromatic N) is 1. The molecular weight excluding hydrogens is 422 g/mol. The van der Waals surface area contributed by atoms with Crippen molar-refractivity contribution in [1.82, 2.24) is 0 Å². The maximum Gasteiger partial charge on any atom is 0.326 e. The molecule has 3 rings (SSSR count). The minimum atomic E-state index is -2.00. The lowest BCUT2D eigenvalue weighted by molar-refractivity contribution is -0.144. The molecule has 1 aromatic heterocycles. The van der Waals surface area contributed by atoms with Crippen LogP contribution in [0.4, 0.5) is 5.69 Å². The van der Waals surface area contributed by atoms with Crippen LogP contribution in [-0.2, 0) is 19.9 Å². The van der Waals surface area contributed by atoms with E-state index in [1.54, 1.807) is 43.3 Å². The molecule has 0 spiro atoms. The van der Waals surface area contributed by atoms with Crippen molar-refractivity contribution in [3.63, 3.8) is 0 Å². The van der Waals surface area contributed by atoms with Gasteiger partial charge in [0.2, 0.25) is 0 Å². The second-order valence-electron chi connectivity index (χ2n) is 5.78. The molecule has 6 nitrogen and oxygen atoms in total. The van der Waals surface area contributed by atoms with Crippen LogP contribution in [0.25, 0.3) is 0 Å². The van der Waals surface area contributed by atoms with Crippen molar-refractivity contribution in [3.8, 4) is 0 Å². The zero-order chi connectivity index (χ0) is 18.9. The van der Waals surface area contributed by atoms with Gasteiger partial charge in [0.05, 0.1) is 27.4 Å². The van der Waals surface area contributed by atoms with Crippen LogP contribution in [0.5, 0.6) is 0 Å². The Hall–Kier alpha value is -2.03. The lowest BCUT2D eigenvalue weighted by Gasteiger charge is -2.22. The van der Waals surface area contributed by atoms with Crippen LogP contribution in [0.2, 0.25) is 0 Å². The summed E-state index contributed by atoms with van der Waals surface area (Å²) in [7, 11) is 0. The molecule has 1 aromatic carbocycles. The van der Waals surface area contributed by atoms with E-state index in [2.05, 4.69) is 15.9 Å². The molecule has 0 saturated heterocycles. The Morgan fingerprint density at radius 2 is 2.00 bits per heavy atom. The summed E-state index contributed by atoms with van der Waals surface area (Å²) >= 11 is 4.53. The number of carbonyl (C=O) groups excluding carboxylic acids is 3. The highest BCUT2D eigenvalue weighted by Crippen LogP contribution is 2.43. The van der Waals surface area contributed by atoms with Crippen molar-refractivity contribution in [2.45, 2.75) is 18.9 Å². The Morgan fingerprint density at radius 1 is 1.27 bits per heavy atom. The molecule has 0 saturated carbocycles. The first kappa shape index (κ1) is 18.8. The highest BCUT2D eigenvalue weighted by Gasteiger charge is 2.51. The number of Topliss-reactive ketones (excluding diaryl/α,β-unsaturated/α-hetero) is 1. The van der Waals surface area contributed by atoms with Gasteiger partial charge in [-0.1, -0.05) is 18.2 Å². The number of hydrogen-bond acceptors (Lipinski definition) is 6. The maximum absolute atomic E-state index is 12.9. The number of ether oxygens (including phenoxy) is 1. The normalized spacial score (nSPS) is 18.7. The van der Waals surface area contributed by atoms with Crippen LogP contribution >= 0.6 is 27.3 Å². The molecule has 1 N–H and O–H groups in total. The standard InChI is InChI=1S/C18H16BrNO5S/c1-2-25-16(22)10-20-12-6-4-3-5-11(12)18(24,17(20)23)9-13(21)14-7-8-15(19)26-14/h3-8,24H,2,9-10H2,1H3/t18-/m0/s1. The Morgan fingerprint density at radius 3 is 2.65 bits per heavy atom. The number of rotatable bonds is 6. The lowest BCUT2D eigenvalue weighted by Crippen LogP contribution is -2.43. The molecular formula is C18H16BrNO5S. The topological polar surface area (TPSA) is 83.9 Å². The quantitative estimate of drug-likeness (QED) is 0.554. The second kappa shape index (κ2) is 7.30. The first-order valence-electron chi connectivity index (χ1n) is 7.95. The number of amides is 1. The predicted octanol–water partition coefficient (Wildman–Crippen LogP) is 2.88. The van der Waals surface area contributed by atoms with Gasteiger partial charge in [-0.3, -0.25) is 19.3 Å². The van der Waals surface area contributed by atoms with Gasteiger partial charge in [0.25, 0.3) is 5.91 Å². The van der Waals surface area contributed by atoms with E-state index in [9.17, 15) is 19.5 Å². The van der Waals surface area contributed by atoms with E-state index in [1.807, 2.05) is 0 Å². The molecule has 0 unspecified atom stereocenters. The summed E-state index contributed by atoms with van der Waals surface area (Å²) in [5, 5.41) is 11.1. The molecule has 1 atom stereocenters. The van der Waals surface area contributed by atoms with E-state index in [1.165, 1.54) is 16.2 Å². The van der Waals surface area contributed by atoms with Crippen molar-refractivity contribution >= 4 is 50.6 Å².